The first-order valence-electron chi connectivity index (χ1n) is 5.18. The van der Waals surface area contributed by atoms with Gasteiger partial charge < -0.3 is 10.5 Å². The van der Waals surface area contributed by atoms with Crippen LogP contribution in [-0.4, -0.2) is 20.8 Å². The summed E-state index contributed by atoms with van der Waals surface area (Å²) in [6, 6.07) is 4.95. The predicted molar refractivity (Wildman–Crippen MR) is 67.8 cm³/mol. The van der Waals surface area contributed by atoms with E-state index in [-0.39, 0.29) is 12.4 Å². The fourth-order valence-electron chi connectivity index (χ4n) is 1.40. The third-order valence-electron chi connectivity index (χ3n) is 2.27. The molecule has 94 valence electrons. The molecule has 0 bridgehead atoms. The quantitative estimate of drug-likeness (QED) is 0.645. The van der Waals surface area contributed by atoms with Crippen molar-refractivity contribution in [2.75, 3.05) is 0 Å². The van der Waals surface area contributed by atoms with Gasteiger partial charge in [-0.3, -0.25) is 10.1 Å². The summed E-state index contributed by atoms with van der Waals surface area (Å²) in [5.74, 6) is 0.490. The Hall–Kier alpha value is -2.08. The molecule has 1 heterocycles. The lowest BCUT2D eigenvalue weighted by molar-refractivity contribution is 0.301. The van der Waals surface area contributed by atoms with Crippen molar-refractivity contribution < 1.29 is 4.74 Å². The molecule has 2 rings (SSSR count). The molecule has 0 aliphatic carbocycles. The molecule has 0 atom stereocenters. The molecule has 1 aromatic heterocycles. The van der Waals surface area contributed by atoms with Gasteiger partial charge in [0.15, 0.2) is 0 Å². The minimum atomic E-state index is -0.0302. The summed E-state index contributed by atoms with van der Waals surface area (Å²) in [7, 11) is 1.78. The van der Waals surface area contributed by atoms with E-state index in [9.17, 15) is 0 Å². The standard InChI is InChI=1S/C11H12ClN5O/c1-17-5-8(15-16-17)6-18-10-3-2-7(11(13)14)4-9(10)12/h2-5H,6H2,1H3,(H3,13,14). The molecule has 0 fully saturated rings. The lowest BCUT2D eigenvalue weighted by Gasteiger charge is -2.07. The molecule has 7 heteroatoms. The van der Waals surface area contributed by atoms with Gasteiger partial charge in [0.1, 0.15) is 23.9 Å². The number of nitrogens with two attached hydrogens (primary N) is 1. The van der Waals surface area contributed by atoms with E-state index in [1.165, 1.54) is 0 Å². The third-order valence-corrected chi connectivity index (χ3v) is 2.56. The number of halogens is 1. The van der Waals surface area contributed by atoms with Crippen molar-refractivity contribution >= 4 is 17.4 Å². The van der Waals surface area contributed by atoms with Crippen LogP contribution in [-0.2, 0) is 13.7 Å². The van der Waals surface area contributed by atoms with Crippen LogP contribution in [0.2, 0.25) is 5.02 Å². The second-order valence-corrected chi connectivity index (χ2v) is 4.14. The van der Waals surface area contributed by atoms with E-state index in [0.717, 1.165) is 0 Å². The zero-order chi connectivity index (χ0) is 13.1. The Morgan fingerprint density at radius 2 is 2.33 bits per heavy atom. The van der Waals surface area contributed by atoms with Crippen LogP contribution < -0.4 is 10.5 Å². The molecule has 0 amide bonds. The molecule has 2 aromatic rings. The van der Waals surface area contributed by atoms with Crippen LogP contribution in [0.15, 0.2) is 24.4 Å². The van der Waals surface area contributed by atoms with E-state index < -0.39 is 0 Å². The van der Waals surface area contributed by atoms with Gasteiger partial charge in [0, 0.05) is 12.6 Å². The van der Waals surface area contributed by atoms with Gasteiger partial charge in [-0.1, -0.05) is 16.8 Å². The highest BCUT2D eigenvalue weighted by atomic mass is 35.5. The van der Waals surface area contributed by atoms with Crippen LogP contribution in [0.4, 0.5) is 0 Å². The number of nitrogens with zero attached hydrogens (tertiary/aromatic N) is 3. The summed E-state index contributed by atoms with van der Waals surface area (Å²) in [6.45, 7) is 0.285. The zero-order valence-electron chi connectivity index (χ0n) is 9.72. The maximum absolute atomic E-state index is 7.30. The minimum Gasteiger partial charge on any atom is -0.486 e. The predicted octanol–water partition coefficient (Wildman–Crippen LogP) is 1.33. The average molecular weight is 266 g/mol. The van der Waals surface area contributed by atoms with Gasteiger partial charge in [0.05, 0.1) is 11.2 Å². The smallest absolute Gasteiger partial charge is 0.138 e. The van der Waals surface area contributed by atoms with Crippen molar-refractivity contribution in [1.82, 2.24) is 15.0 Å². The second-order valence-electron chi connectivity index (χ2n) is 3.73. The Morgan fingerprint density at radius 3 is 2.89 bits per heavy atom. The van der Waals surface area contributed by atoms with Crippen molar-refractivity contribution in [3.63, 3.8) is 0 Å². The van der Waals surface area contributed by atoms with Crippen molar-refractivity contribution in [3.05, 3.63) is 40.7 Å². The van der Waals surface area contributed by atoms with Crippen LogP contribution in [0.3, 0.4) is 0 Å². The Kier molecular flexibility index (Phi) is 3.47. The minimum absolute atomic E-state index is 0.0302. The number of rotatable bonds is 4. The molecule has 0 aliphatic heterocycles. The molecular formula is C11H12ClN5O. The molecule has 6 nitrogen and oxygen atoms in total. The van der Waals surface area contributed by atoms with Crippen LogP contribution in [0.25, 0.3) is 0 Å². The first-order chi connectivity index (χ1) is 8.56. The highest BCUT2D eigenvalue weighted by Gasteiger charge is 2.06. The van der Waals surface area contributed by atoms with Gasteiger partial charge in [0.25, 0.3) is 0 Å². The highest BCUT2D eigenvalue weighted by molar-refractivity contribution is 6.32. The largest absolute Gasteiger partial charge is 0.486 e. The van der Waals surface area contributed by atoms with E-state index in [4.69, 9.17) is 27.5 Å². The van der Waals surface area contributed by atoms with Gasteiger partial charge in [-0.05, 0) is 18.2 Å². The van der Waals surface area contributed by atoms with Crippen molar-refractivity contribution in [3.8, 4) is 5.75 Å². The zero-order valence-corrected chi connectivity index (χ0v) is 10.5. The third kappa shape index (κ3) is 2.78. The molecule has 0 unspecified atom stereocenters. The average Bonchev–Trinajstić information content (AvgIpc) is 2.73. The van der Waals surface area contributed by atoms with Gasteiger partial charge >= 0.3 is 0 Å². The lowest BCUT2D eigenvalue weighted by Crippen LogP contribution is -2.10. The summed E-state index contributed by atoms with van der Waals surface area (Å²) in [5.41, 5.74) is 6.64. The highest BCUT2D eigenvalue weighted by Crippen LogP contribution is 2.25. The summed E-state index contributed by atoms with van der Waals surface area (Å²) >= 11 is 6.03. The SMILES string of the molecule is Cn1cc(COc2ccc(C(=N)N)cc2Cl)nn1. The fourth-order valence-corrected chi connectivity index (χ4v) is 1.63. The fraction of sp³-hybridized carbons (Fsp3) is 0.182. The topological polar surface area (TPSA) is 89.8 Å². The van der Waals surface area contributed by atoms with Crippen molar-refractivity contribution in [1.29, 1.82) is 5.41 Å². The first-order valence-corrected chi connectivity index (χ1v) is 5.56. The summed E-state index contributed by atoms with van der Waals surface area (Å²) in [6.07, 6.45) is 1.76. The molecule has 0 spiro atoms. The van der Waals surface area contributed by atoms with Crippen molar-refractivity contribution in [2.24, 2.45) is 12.8 Å². The number of amidine groups is 1. The van der Waals surface area contributed by atoms with Crippen LogP contribution in [0.5, 0.6) is 5.75 Å². The number of aromatic nitrogens is 3. The number of ether oxygens (including phenoxy) is 1. The van der Waals surface area contributed by atoms with Gasteiger partial charge in [-0.2, -0.15) is 0 Å². The molecule has 0 radical (unpaired) electrons. The molecule has 3 N–H and O–H groups in total. The van der Waals surface area contributed by atoms with Gasteiger partial charge in [-0.25, -0.2) is 0 Å². The summed E-state index contributed by atoms with van der Waals surface area (Å²) < 4.78 is 7.11. The summed E-state index contributed by atoms with van der Waals surface area (Å²) in [5, 5.41) is 15.4. The van der Waals surface area contributed by atoms with E-state index >= 15 is 0 Å². The molecule has 0 saturated carbocycles. The Labute approximate surface area is 109 Å². The van der Waals surface area contributed by atoms with E-state index in [1.807, 2.05) is 0 Å². The van der Waals surface area contributed by atoms with Crippen molar-refractivity contribution in [2.45, 2.75) is 6.61 Å². The number of benzene rings is 1. The van der Waals surface area contributed by atoms with Crippen LogP contribution in [0.1, 0.15) is 11.3 Å². The number of aryl methyl sites for hydroxylation is 1. The monoisotopic (exact) mass is 265 g/mol. The molecule has 1 aromatic carbocycles. The van der Waals surface area contributed by atoms with E-state index in [2.05, 4.69) is 10.3 Å². The number of nitrogens with one attached hydrogen (secondary N) is 1. The number of nitrogen functional groups attached to an aromatic ring is 1. The first kappa shape index (κ1) is 12.4. The maximum Gasteiger partial charge on any atom is 0.138 e. The lowest BCUT2D eigenvalue weighted by atomic mass is 10.2. The Morgan fingerprint density at radius 1 is 1.56 bits per heavy atom. The summed E-state index contributed by atoms with van der Waals surface area (Å²) in [4.78, 5) is 0. The second kappa shape index (κ2) is 5.05. The van der Waals surface area contributed by atoms with E-state index in [1.54, 1.807) is 36.1 Å². The van der Waals surface area contributed by atoms with Crippen LogP contribution >= 0.6 is 11.6 Å². The van der Waals surface area contributed by atoms with Gasteiger partial charge in [-0.15, -0.1) is 5.10 Å². The molecule has 18 heavy (non-hydrogen) atoms. The molecule has 0 aliphatic rings. The van der Waals surface area contributed by atoms with Crippen LogP contribution in [0, 0.1) is 5.41 Å². The number of hydrogen-bond acceptors (Lipinski definition) is 4. The molecular weight excluding hydrogens is 254 g/mol. The van der Waals surface area contributed by atoms with E-state index in [0.29, 0.717) is 22.0 Å². The van der Waals surface area contributed by atoms with Gasteiger partial charge in [0.2, 0.25) is 0 Å². The Balaban J connectivity index is 2.08. The number of hydrogen-bond donors (Lipinski definition) is 2. The molecule has 0 saturated heterocycles. The normalized spacial score (nSPS) is 10.3. The maximum atomic E-state index is 7.30. The Bertz CT molecular complexity index is 581.